The molecule has 5 heteroatoms. The van der Waals surface area contributed by atoms with E-state index in [-0.39, 0.29) is 5.54 Å². The maximum Gasteiger partial charge on any atom is 0.204 e. The maximum atomic E-state index is 5.40. The molecule has 0 spiro atoms. The highest BCUT2D eigenvalue weighted by Crippen LogP contribution is 2.40. The molecule has 2 rings (SSSR count). The molecule has 1 aliphatic carbocycles. The Bertz CT molecular complexity index is 390. The lowest BCUT2D eigenvalue weighted by Gasteiger charge is -2.17. The van der Waals surface area contributed by atoms with Crippen molar-refractivity contribution >= 4 is 11.6 Å². The SMILES string of the molecule is CCCNc1ncnc(NC2(C)CC2)c1OC. The van der Waals surface area contributed by atoms with Crippen LogP contribution in [0.15, 0.2) is 6.33 Å². The minimum Gasteiger partial charge on any atom is -0.490 e. The van der Waals surface area contributed by atoms with Gasteiger partial charge in [0.25, 0.3) is 0 Å². The molecule has 0 aromatic carbocycles. The molecular weight excluding hydrogens is 216 g/mol. The average molecular weight is 236 g/mol. The highest BCUT2D eigenvalue weighted by molar-refractivity contribution is 5.64. The molecule has 0 bridgehead atoms. The Labute approximate surface area is 102 Å². The van der Waals surface area contributed by atoms with E-state index in [1.54, 1.807) is 13.4 Å². The number of nitrogens with zero attached hydrogens (tertiary/aromatic N) is 2. The summed E-state index contributed by atoms with van der Waals surface area (Å²) in [7, 11) is 1.65. The van der Waals surface area contributed by atoms with E-state index < -0.39 is 0 Å². The Morgan fingerprint density at radius 2 is 2.06 bits per heavy atom. The van der Waals surface area contributed by atoms with Gasteiger partial charge in [0.05, 0.1) is 7.11 Å². The standard InChI is InChI=1S/C12H20N4O/c1-4-7-13-10-9(17-3)11(15-8-14-10)16-12(2)5-6-12/h8H,4-7H2,1-3H3,(H2,13,14,15,16). The van der Waals surface area contributed by atoms with Crippen molar-refractivity contribution in [2.24, 2.45) is 0 Å². The van der Waals surface area contributed by atoms with E-state index in [2.05, 4.69) is 34.4 Å². The Morgan fingerprint density at radius 3 is 2.65 bits per heavy atom. The predicted octanol–water partition coefficient (Wildman–Crippen LogP) is 2.27. The molecule has 2 N–H and O–H groups in total. The van der Waals surface area contributed by atoms with Gasteiger partial charge >= 0.3 is 0 Å². The first kappa shape index (κ1) is 12.0. The Kier molecular flexibility index (Phi) is 3.36. The van der Waals surface area contributed by atoms with Gasteiger partial charge in [-0.1, -0.05) is 6.92 Å². The molecule has 1 fully saturated rings. The molecule has 1 heterocycles. The Balaban J connectivity index is 2.18. The molecule has 17 heavy (non-hydrogen) atoms. The molecule has 0 radical (unpaired) electrons. The molecule has 5 nitrogen and oxygen atoms in total. The van der Waals surface area contributed by atoms with Crippen molar-refractivity contribution in [2.45, 2.75) is 38.6 Å². The van der Waals surface area contributed by atoms with Crippen LogP contribution in [0.25, 0.3) is 0 Å². The van der Waals surface area contributed by atoms with Crippen LogP contribution in [0.2, 0.25) is 0 Å². The number of anilines is 2. The van der Waals surface area contributed by atoms with Crippen molar-refractivity contribution in [1.82, 2.24) is 9.97 Å². The fraction of sp³-hybridized carbons (Fsp3) is 0.667. The van der Waals surface area contributed by atoms with Crippen LogP contribution in [0.4, 0.5) is 11.6 Å². The van der Waals surface area contributed by atoms with Crippen molar-refractivity contribution in [3.63, 3.8) is 0 Å². The van der Waals surface area contributed by atoms with Gasteiger partial charge in [-0.15, -0.1) is 0 Å². The van der Waals surface area contributed by atoms with Gasteiger partial charge < -0.3 is 15.4 Å². The third-order valence-corrected chi connectivity index (χ3v) is 2.97. The predicted molar refractivity (Wildman–Crippen MR) is 68.6 cm³/mol. The summed E-state index contributed by atoms with van der Waals surface area (Å²) in [5.41, 5.74) is 0.184. The van der Waals surface area contributed by atoms with Crippen molar-refractivity contribution < 1.29 is 4.74 Å². The smallest absolute Gasteiger partial charge is 0.204 e. The van der Waals surface area contributed by atoms with E-state index in [0.717, 1.165) is 24.6 Å². The molecule has 0 saturated heterocycles. The van der Waals surface area contributed by atoms with Gasteiger partial charge in [-0.05, 0) is 26.2 Å². The minimum absolute atomic E-state index is 0.184. The second kappa shape index (κ2) is 4.77. The van der Waals surface area contributed by atoms with Crippen LogP contribution in [-0.2, 0) is 0 Å². The molecule has 1 aromatic rings. The summed E-state index contributed by atoms with van der Waals surface area (Å²) < 4.78 is 5.40. The van der Waals surface area contributed by atoms with Gasteiger partial charge in [0.15, 0.2) is 11.6 Å². The van der Waals surface area contributed by atoms with E-state index in [0.29, 0.717) is 5.75 Å². The molecule has 0 unspecified atom stereocenters. The van der Waals surface area contributed by atoms with E-state index in [1.807, 2.05) is 0 Å². The summed E-state index contributed by atoms with van der Waals surface area (Å²) >= 11 is 0. The van der Waals surface area contributed by atoms with Crippen LogP contribution in [-0.4, -0.2) is 29.2 Å². The summed E-state index contributed by atoms with van der Waals surface area (Å²) in [6.45, 7) is 5.18. The fourth-order valence-electron chi connectivity index (χ4n) is 1.62. The van der Waals surface area contributed by atoms with E-state index >= 15 is 0 Å². The van der Waals surface area contributed by atoms with Gasteiger partial charge in [0, 0.05) is 12.1 Å². The van der Waals surface area contributed by atoms with Crippen LogP contribution in [0, 0.1) is 0 Å². The number of rotatable bonds is 6. The van der Waals surface area contributed by atoms with E-state index in [1.165, 1.54) is 12.8 Å². The van der Waals surface area contributed by atoms with Crippen molar-refractivity contribution in [1.29, 1.82) is 0 Å². The largest absolute Gasteiger partial charge is 0.490 e. The van der Waals surface area contributed by atoms with E-state index in [9.17, 15) is 0 Å². The lowest BCUT2D eigenvalue weighted by molar-refractivity contribution is 0.414. The Hall–Kier alpha value is -1.52. The van der Waals surface area contributed by atoms with Crippen LogP contribution in [0.1, 0.15) is 33.1 Å². The first-order valence-corrected chi connectivity index (χ1v) is 6.09. The fourth-order valence-corrected chi connectivity index (χ4v) is 1.62. The number of aromatic nitrogens is 2. The van der Waals surface area contributed by atoms with Crippen LogP contribution in [0.3, 0.4) is 0 Å². The summed E-state index contributed by atoms with van der Waals surface area (Å²) in [5, 5.41) is 6.66. The lowest BCUT2D eigenvalue weighted by atomic mass is 10.3. The Morgan fingerprint density at radius 1 is 1.35 bits per heavy atom. The molecule has 1 aliphatic rings. The third kappa shape index (κ3) is 2.78. The van der Waals surface area contributed by atoms with Gasteiger partial charge in [0.2, 0.25) is 5.75 Å². The summed E-state index contributed by atoms with van der Waals surface area (Å²) in [4.78, 5) is 8.47. The lowest BCUT2D eigenvalue weighted by Crippen LogP contribution is -2.18. The zero-order valence-electron chi connectivity index (χ0n) is 10.7. The molecule has 0 atom stereocenters. The molecule has 1 aromatic heterocycles. The second-order valence-electron chi connectivity index (χ2n) is 4.72. The van der Waals surface area contributed by atoms with Crippen molar-refractivity contribution in [2.75, 3.05) is 24.3 Å². The number of nitrogens with one attached hydrogen (secondary N) is 2. The number of hydrogen-bond donors (Lipinski definition) is 2. The average Bonchev–Trinajstić information content (AvgIpc) is 3.04. The van der Waals surface area contributed by atoms with Crippen molar-refractivity contribution in [3.8, 4) is 5.75 Å². The molecule has 94 valence electrons. The monoisotopic (exact) mass is 236 g/mol. The molecule has 0 amide bonds. The van der Waals surface area contributed by atoms with Crippen LogP contribution < -0.4 is 15.4 Å². The maximum absolute atomic E-state index is 5.40. The van der Waals surface area contributed by atoms with Crippen LogP contribution >= 0.6 is 0 Å². The van der Waals surface area contributed by atoms with Gasteiger partial charge in [-0.2, -0.15) is 0 Å². The zero-order valence-corrected chi connectivity index (χ0v) is 10.7. The molecule has 0 aliphatic heterocycles. The second-order valence-corrected chi connectivity index (χ2v) is 4.72. The quantitative estimate of drug-likeness (QED) is 0.793. The number of ether oxygens (including phenoxy) is 1. The van der Waals surface area contributed by atoms with Gasteiger partial charge in [-0.25, -0.2) is 9.97 Å². The third-order valence-electron chi connectivity index (χ3n) is 2.97. The van der Waals surface area contributed by atoms with Gasteiger partial charge in [-0.3, -0.25) is 0 Å². The molecule has 1 saturated carbocycles. The normalized spacial score (nSPS) is 16.4. The first-order valence-electron chi connectivity index (χ1n) is 6.09. The van der Waals surface area contributed by atoms with E-state index in [4.69, 9.17) is 4.74 Å². The topological polar surface area (TPSA) is 59.1 Å². The van der Waals surface area contributed by atoms with Crippen LogP contribution in [0.5, 0.6) is 5.75 Å². The number of hydrogen-bond acceptors (Lipinski definition) is 5. The minimum atomic E-state index is 0.184. The summed E-state index contributed by atoms with van der Waals surface area (Å²) in [6, 6.07) is 0. The summed E-state index contributed by atoms with van der Waals surface area (Å²) in [5.74, 6) is 2.24. The van der Waals surface area contributed by atoms with Crippen molar-refractivity contribution in [3.05, 3.63) is 6.33 Å². The first-order chi connectivity index (χ1) is 8.18. The highest BCUT2D eigenvalue weighted by Gasteiger charge is 2.38. The summed E-state index contributed by atoms with van der Waals surface area (Å²) in [6.07, 6.45) is 4.97. The number of methoxy groups -OCH3 is 1. The highest BCUT2D eigenvalue weighted by atomic mass is 16.5. The van der Waals surface area contributed by atoms with Gasteiger partial charge in [0.1, 0.15) is 6.33 Å². The molecular formula is C12H20N4O. The zero-order chi connectivity index (χ0) is 12.3.